The number of hydrogen-bond donors (Lipinski definition) is 2. The summed E-state index contributed by atoms with van der Waals surface area (Å²) in [5.74, 6) is 0. The van der Waals surface area contributed by atoms with Crippen LogP contribution in [0.5, 0.6) is 0 Å². The molecule has 0 spiro atoms. The minimum Gasteiger partial charge on any atom is -0.381 e. The number of hydrogen-bond acceptors (Lipinski definition) is 4. The van der Waals surface area contributed by atoms with Crippen molar-refractivity contribution in [3.63, 3.8) is 0 Å². The Bertz CT molecular complexity index is 626. The third kappa shape index (κ3) is 3.13. The van der Waals surface area contributed by atoms with Crippen molar-refractivity contribution in [3.05, 3.63) is 69.3 Å². The Kier molecular flexibility index (Phi) is 4.32. The molecule has 0 unspecified atom stereocenters. The van der Waals surface area contributed by atoms with Crippen molar-refractivity contribution in [3.8, 4) is 0 Å². The first-order valence-corrected chi connectivity index (χ1v) is 6.37. The summed E-state index contributed by atoms with van der Waals surface area (Å²) in [5, 5.41) is 14.0. The molecule has 2 rings (SSSR count). The highest BCUT2D eigenvalue weighted by atomic mass is 16.6. The van der Waals surface area contributed by atoms with Crippen LogP contribution in [0, 0.1) is 17.0 Å². The standard InChI is InChI=1S/C15H17N3O2/c1-11-8-14(18(19)20)6-7-15(11)17-10-13-5-3-2-4-12(13)9-16/h2-8,17H,9-10,16H2,1H3. The van der Waals surface area contributed by atoms with Gasteiger partial charge in [0.1, 0.15) is 0 Å². The molecule has 3 N–H and O–H groups in total. The van der Waals surface area contributed by atoms with Crippen LogP contribution in [-0.2, 0) is 13.1 Å². The fraction of sp³-hybridized carbons (Fsp3) is 0.200. The van der Waals surface area contributed by atoms with Crippen LogP contribution < -0.4 is 11.1 Å². The van der Waals surface area contributed by atoms with Crippen LogP contribution in [0.1, 0.15) is 16.7 Å². The summed E-state index contributed by atoms with van der Waals surface area (Å²) >= 11 is 0. The molecule has 0 aromatic heterocycles. The second kappa shape index (κ2) is 6.16. The van der Waals surface area contributed by atoms with Crippen LogP contribution in [0.4, 0.5) is 11.4 Å². The molecule has 5 nitrogen and oxygen atoms in total. The van der Waals surface area contributed by atoms with Crippen molar-refractivity contribution in [2.24, 2.45) is 5.73 Å². The Balaban J connectivity index is 2.13. The molecular formula is C15H17N3O2. The second-order valence-corrected chi connectivity index (χ2v) is 4.58. The monoisotopic (exact) mass is 271 g/mol. The number of benzene rings is 2. The molecule has 0 aliphatic heterocycles. The topological polar surface area (TPSA) is 81.2 Å². The predicted molar refractivity (Wildman–Crippen MR) is 79.5 cm³/mol. The van der Waals surface area contributed by atoms with Gasteiger partial charge in [0.05, 0.1) is 4.92 Å². The van der Waals surface area contributed by atoms with E-state index in [9.17, 15) is 10.1 Å². The van der Waals surface area contributed by atoms with E-state index in [4.69, 9.17) is 5.73 Å². The van der Waals surface area contributed by atoms with Crippen molar-refractivity contribution >= 4 is 11.4 Å². The quantitative estimate of drug-likeness (QED) is 0.647. The molecule has 0 aliphatic carbocycles. The van der Waals surface area contributed by atoms with Crippen LogP contribution in [0.3, 0.4) is 0 Å². The minimum absolute atomic E-state index is 0.107. The summed E-state index contributed by atoms with van der Waals surface area (Å²) in [6, 6.07) is 12.8. The Morgan fingerprint density at radius 3 is 2.50 bits per heavy atom. The van der Waals surface area contributed by atoms with Crippen LogP contribution in [0.25, 0.3) is 0 Å². The van der Waals surface area contributed by atoms with E-state index in [1.165, 1.54) is 6.07 Å². The fourth-order valence-electron chi connectivity index (χ4n) is 2.08. The smallest absolute Gasteiger partial charge is 0.269 e. The number of nitro benzene ring substituents is 1. The molecule has 20 heavy (non-hydrogen) atoms. The summed E-state index contributed by atoms with van der Waals surface area (Å²) in [7, 11) is 0. The Labute approximate surface area is 117 Å². The molecule has 0 atom stereocenters. The van der Waals surface area contributed by atoms with E-state index < -0.39 is 0 Å². The highest BCUT2D eigenvalue weighted by Crippen LogP contribution is 2.22. The van der Waals surface area contributed by atoms with Crippen LogP contribution in [-0.4, -0.2) is 4.92 Å². The molecule has 104 valence electrons. The lowest BCUT2D eigenvalue weighted by Crippen LogP contribution is -2.07. The molecule has 2 aromatic carbocycles. The maximum Gasteiger partial charge on any atom is 0.269 e. The molecular weight excluding hydrogens is 254 g/mol. The predicted octanol–water partition coefficient (Wildman–Crippen LogP) is 2.97. The Hall–Kier alpha value is -2.40. The summed E-state index contributed by atoms with van der Waals surface area (Å²) < 4.78 is 0. The molecule has 0 saturated heterocycles. The van der Waals surface area contributed by atoms with Gasteiger partial charge in [-0.3, -0.25) is 10.1 Å². The second-order valence-electron chi connectivity index (χ2n) is 4.58. The van der Waals surface area contributed by atoms with Gasteiger partial charge in [-0.05, 0) is 29.7 Å². The molecule has 0 aliphatic rings. The number of nitrogens with two attached hydrogens (primary N) is 1. The highest BCUT2D eigenvalue weighted by Gasteiger charge is 2.08. The maximum absolute atomic E-state index is 10.7. The molecule has 0 amide bonds. The van der Waals surface area contributed by atoms with E-state index in [1.54, 1.807) is 12.1 Å². The number of nitro groups is 1. The van der Waals surface area contributed by atoms with E-state index in [-0.39, 0.29) is 10.6 Å². The van der Waals surface area contributed by atoms with Gasteiger partial charge in [-0.15, -0.1) is 0 Å². The zero-order valence-corrected chi connectivity index (χ0v) is 11.3. The third-order valence-corrected chi connectivity index (χ3v) is 3.23. The zero-order valence-electron chi connectivity index (χ0n) is 11.3. The van der Waals surface area contributed by atoms with Gasteiger partial charge >= 0.3 is 0 Å². The number of anilines is 1. The van der Waals surface area contributed by atoms with Gasteiger partial charge in [-0.1, -0.05) is 24.3 Å². The molecule has 5 heteroatoms. The molecule has 0 bridgehead atoms. The lowest BCUT2D eigenvalue weighted by molar-refractivity contribution is -0.384. The van der Waals surface area contributed by atoms with Gasteiger partial charge in [0, 0.05) is 30.9 Å². The SMILES string of the molecule is Cc1cc([N+](=O)[O-])ccc1NCc1ccccc1CN. The maximum atomic E-state index is 10.7. The average Bonchev–Trinajstić information content (AvgIpc) is 2.46. The van der Waals surface area contributed by atoms with Crippen molar-refractivity contribution in [1.82, 2.24) is 0 Å². The molecule has 0 saturated carbocycles. The molecule has 2 aromatic rings. The zero-order chi connectivity index (χ0) is 14.5. The highest BCUT2D eigenvalue weighted by molar-refractivity contribution is 5.55. The lowest BCUT2D eigenvalue weighted by Gasteiger charge is -2.12. The summed E-state index contributed by atoms with van der Waals surface area (Å²) in [4.78, 5) is 10.3. The van der Waals surface area contributed by atoms with E-state index in [0.29, 0.717) is 13.1 Å². The minimum atomic E-state index is -0.388. The number of nitrogens with zero attached hydrogens (tertiary/aromatic N) is 1. The Morgan fingerprint density at radius 1 is 1.20 bits per heavy atom. The number of rotatable bonds is 5. The summed E-state index contributed by atoms with van der Waals surface area (Å²) in [6.07, 6.45) is 0. The van der Waals surface area contributed by atoms with Crippen molar-refractivity contribution in [2.75, 3.05) is 5.32 Å². The third-order valence-electron chi connectivity index (χ3n) is 3.23. The summed E-state index contributed by atoms with van der Waals surface area (Å²) in [6.45, 7) is 2.99. The van der Waals surface area contributed by atoms with Crippen molar-refractivity contribution in [2.45, 2.75) is 20.0 Å². The van der Waals surface area contributed by atoms with Gasteiger partial charge < -0.3 is 11.1 Å². The number of nitrogens with one attached hydrogen (secondary N) is 1. The molecule has 0 radical (unpaired) electrons. The largest absolute Gasteiger partial charge is 0.381 e. The van der Waals surface area contributed by atoms with Gasteiger partial charge in [0.25, 0.3) is 5.69 Å². The van der Waals surface area contributed by atoms with Crippen LogP contribution in [0.15, 0.2) is 42.5 Å². The van der Waals surface area contributed by atoms with E-state index >= 15 is 0 Å². The summed E-state index contributed by atoms with van der Waals surface area (Å²) in [5.41, 5.74) is 9.78. The van der Waals surface area contributed by atoms with Gasteiger partial charge in [-0.25, -0.2) is 0 Å². The first-order valence-electron chi connectivity index (χ1n) is 6.37. The van der Waals surface area contributed by atoms with Crippen LogP contribution in [0.2, 0.25) is 0 Å². The van der Waals surface area contributed by atoms with Gasteiger partial charge in [0.15, 0.2) is 0 Å². The van der Waals surface area contributed by atoms with E-state index in [2.05, 4.69) is 5.32 Å². The fourth-order valence-corrected chi connectivity index (χ4v) is 2.08. The van der Waals surface area contributed by atoms with E-state index in [0.717, 1.165) is 22.4 Å². The molecule has 0 fully saturated rings. The van der Waals surface area contributed by atoms with Crippen molar-refractivity contribution < 1.29 is 4.92 Å². The number of non-ortho nitro benzene ring substituents is 1. The normalized spacial score (nSPS) is 10.3. The van der Waals surface area contributed by atoms with Crippen molar-refractivity contribution in [1.29, 1.82) is 0 Å². The van der Waals surface area contributed by atoms with E-state index in [1.807, 2.05) is 31.2 Å². The average molecular weight is 271 g/mol. The lowest BCUT2D eigenvalue weighted by atomic mass is 10.1. The van der Waals surface area contributed by atoms with Crippen LogP contribution >= 0.6 is 0 Å². The van der Waals surface area contributed by atoms with Gasteiger partial charge in [0.2, 0.25) is 0 Å². The number of aryl methyl sites for hydroxylation is 1. The van der Waals surface area contributed by atoms with Gasteiger partial charge in [-0.2, -0.15) is 0 Å². The Morgan fingerprint density at radius 2 is 1.90 bits per heavy atom. The molecule has 0 heterocycles. The first kappa shape index (κ1) is 14.0. The first-order chi connectivity index (χ1) is 9.61.